The van der Waals surface area contributed by atoms with Gasteiger partial charge in [0.25, 0.3) is 5.91 Å². The van der Waals surface area contributed by atoms with Crippen molar-refractivity contribution in [3.05, 3.63) is 29.8 Å². The molecule has 1 aliphatic heterocycles. The number of primary amides is 1. The molecule has 138 valence electrons. The third-order valence-electron chi connectivity index (χ3n) is 4.57. The maximum absolute atomic E-state index is 12.0. The van der Waals surface area contributed by atoms with Crippen LogP contribution in [0.3, 0.4) is 0 Å². The number of hydrogen-bond acceptors (Lipinski definition) is 5. The van der Waals surface area contributed by atoms with Gasteiger partial charge in [0.05, 0.1) is 13.2 Å². The van der Waals surface area contributed by atoms with Crippen LogP contribution in [0.15, 0.2) is 24.3 Å². The van der Waals surface area contributed by atoms with Gasteiger partial charge >= 0.3 is 6.09 Å². The Kier molecular flexibility index (Phi) is 4.70. The fourth-order valence-electron chi connectivity index (χ4n) is 3.25. The smallest absolute Gasteiger partial charge is 0.407 e. The minimum absolute atomic E-state index is 0.141. The molecule has 1 fully saturated rings. The Morgan fingerprint density at radius 3 is 2.58 bits per heavy atom. The molecule has 9 nitrogen and oxygen atoms in total. The number of nitrogens with two attached hydrogens (primary N) is 2. The predicted molar refractivity (Wildman–Crippen MR) is 95.0 cm³/mol. The minimum Gasteiger partial charge on any atom is -0.497 e. The number of methoxy groups -OCH3 is 1. The summed E-state index contributed by atoms with van der Waals surface area (Å²) in [5.74, 6) is 0.150. The molecule has 1 saturated heterocycles. The largest absolute Gasteiger partial charge is 0.497 e. The summed E-state index contributed by atoms with van der Waals surface area (Å²) in [6.45, 7) is 0.739. The molecule has 2 aromatic rings. The molecule has 0 bridgehead atoms. The molecule has 1 unspecified atom stereocenters. The third kappa shape index (κ3) is 3.15. The van der Waals surface area contributed by atoms with Gasteiger partial charge in [-0.3, -0.25) is 4.79 Å². The molecule has 1 atom stereocenters. The lowest BCUT2D eigenvalue weighted by Gasteiger charge is -2.31. The summed E-state index contributed by atoms with van der Waals surface area (Å²) in [7, 11) is 1.56. The first kappa shape index (κ1) is 17.6. The Morgan fingerprint density at radius 2 is 2.00 bits per heavy atom. The SMILES string of the molecule is COc1ccc(-c2nn(C3CCCN(C(=O)O)C3)c(N)c2C(N)=O)cc1. The van der Waals surface area contributed by atoms with Crippen molar-refractivity contribution in [3.63, 3.8) is 0 Å². The first-order valence-electron chi connectivity index (χ1n) is 8.22. The number of carboxylic acid groups (broad SMARTS) is 1. The summed E-state index contributed by atoms with van der Waals surface area (Å²) in [6, 6.07) is 6.79. The van der Waals surface area contributed by atoms with E-state index in [1.807, 2.05) is 0 Å². The van der Waals surface area contributed by atoms with Crippen molar-refractivity contribution in [3.8, 4) is 17.0 Å². The maximum atomic E-state index is 12.0. The molecular formula is C17H21N5O4. The van der Waals surface area contributed by atoms with Crippen LogP contribution in [0.25, 0.3) is 11.3 Å². The van der Waals surface area contributed by atoms with E-state index in [4.69, 9.17) is 16.2 Å². The summed E-state index contributed by atoms with van der Waals surface area (Å²) in [5, 5.41) is 13.7. The second kappa shape index (κ2) is 6.95. The van der Waals surface area contributed by atoms with Gasteiger partial charge in [0.15, 0.2) is 0 Å². The Morgan fingerprint density at radius 1 is 1.31 bits per heavy atom. The third-order valence-corrected chi connectivity index (χ3v) is 4.57. The van der Waals surface area contributed by atoms with Crippen molar-refractivity contribution in [2.75, 3.05) is 25.9 Å². The summed E-state index contributed by atoms with van der Waals surface area (Å²) in [5.41, 5.74) is 12.9. The topological polar surface area (TPSA) is 137 Å². The van der Waals surface area contributed by atoms with E-state index in [-0.39, 0.29) is 24.0 Å². The van der Waals surface area contributed by atoms with Crippen molar-refractivity contribution >= 4 is 17.8 Å². The maximum Gasteiger partial charge on any atom is 0.407 e. The lowest BCUT2D eigenvalue weighted by molar-refractivity contribution is 0.100. The van der Waals surface area contributed by atoms with E-state index in [0.29, 0.717) is 30.0 Å². The Balaban J connectivity index is 2.02. The van der Waals surface area contributed by atoms with E-state index >= 15 is 0 Å². The lowest BCUT2D eigenvalue weighted by atomic mass is 10.1. The number of anilines is 1. The van der Waals surface area contributed by atoms with Crippen LogP contribution in [0, 0.1) is 0 Å². The van der Waals surface area contributed by atoms with E-state index in [1.54, 1.807) is 31.4 Å². The molecule has 2 amide bonds. The molecular weight excluding hydrogens is 338 g/mol. The molecule has 0 saturated carbocycles. The van der Waals surface area contributed by atoms with Crippen LogP contribution in [0.4, 0.5) is 10.6 Å². The molecule has 1 aliphatic rings. The zero-order chi connectivity index (χ0) is 18.8. The van der Waals surface area contributed by atoms with E-state index in [0.717, 1.165) is 6.42 Å². The number of rotatable bonds is 4. The van der Waals surface area contributed by atoms with E-state index in [9.17, 15) is 14.7 Å². The van der Waals surface area contributed by atoms with Crippen molar-refractivity contribution in [2.24, 2.45) is 5.73 Å². The number of piperidine rings is 1. The van der Waals surface area contributed by atoms with Crippen molar-refractivity contribution < 1.29 is 19.4 Å². The molecule has 0 radical (unpaired) electrons. The quantitative estimate of drug-likeness (QED) is 0.757. The highest BCUT2D eigenvalue weighted by Gasteiger charge is 2.30. The molecule has 9 heteroatoms. The summed E-state index contributed by atoms with van der Waals surface area (Å²) in [4.78, 5) is 24.6. The zero-order valence-corrected chi connectivity index (χ0v) is 14.4. The zero-order valence-electron chi connectivity index (χ0n) is 14.4. The fraction of sp³-hybridized carbons (Fsp3) is 0.353. The number of benzene rings is 1. The fourth-order valence-corrected chi connectivity index (χ4v) is 3.25. The molecule has 0 aliphatic carbocycles. The van der Waals surface area contributed by atoms with Crippen LogP contribution in [0.5, 0.6) is 5.75 Å². The van der Waals surface area contributed by atoms with E-state index in [1.165, 1.54) is 9.58 Å². The predicted octanol–water partition coefficient (Wildman–Crippen LogP) is 1.55. The van der Waals surface area contributed by atoms with Gasteiger partial charge in [-0.15, -0.1) is 0 Å². The first-order chi connectivity index (χ1) is 12.4. The number of carbonyl (C=O) groups is 2. The van der Waals surface area contributed by atoms with Gasteiger partial charge in [0.2, 0.25) is 0 Å². The first-order valence-corrected chi connectivity index (χ1v) is 8.22. The summed E-state index contributed by atoms with van der Waals surface area (Å²) < 4.78 is 6.66. The number of carbonyl (C=O) groups excluding carboxylic acids is 1. The van der Waals surface area contributed by atoms with E-state index in [2.05, 4.69) is 5.10 Å². The number of likely N-dealkylation sites (tertiary alicyclic amines) is 1. The average Bonchev–Trinajstić information content (AvgIpc) is 2.99. The molecule has 26 heavy (non-hydrogen) atoms. The van der Waals surface area contributed by atoms with Gasteiger partial charge in [-0.1, -0.05) is 0 Å². The number of hydrogen-bond donors (Lipinski definition) is 3. The van der Waals surface area contributed by atoms with Crippen LogP contribution in [-0.2, 0) is 0 Å². The normalized spacial score (nSPS) is 17.1. The van der Waals surface area contributed by atoms with Gasteiger partial charge in [-0.05, 0) is 37.1 Å². The molecule has 1 aromatic carbocycles. The van der Waals surface area contributed by atoms with Crippen molar-refractivity contribution in [1.82, 2.24) is 14.7 Å². The van der Waals surface area contributed by atoms with Gasteiger partial charge in [0.1, 0.15) is 22.8 Å². The highest BCUT2D eigenvalue weighted by atomic mass is 16.5. The average molecular weight is 359 g/mol. The molecule has 1 aromatic heterocycles. The lowest BCUT2D eigenvalue weighted by Crippen LogP contribution is -2.40. The highest BCUT2D eigenvalue weighted by molar-refractivity contribution is 6.03. The molecule has 2 heterocycles. The standard InChI is InChI=1S/C17H21N5O4/c1-26-12-6-4-10(5-7-12)14-13(16(19)23)15(18)22(20-14)11-3-2-8-21(9-11)17(24)25/h4-7,11H,2-3,8-9,18H2,1H3,(H2,19,23)(H,24,25). The highest BCUT2D eigenvalue weighted by Crippen LogP contribution is 2.32. The van der Waals surface area contributed by atoms with Crippen LogP contribution in [0.2, 0.25) is 0 Å². The van der Waals surface area contributed by atoms with Gasteiger partial charge in [-0.25, -0.2) is 9.48 Å². The van der Waals surface area contributed by atoms with Crippen LogP contribution in [-0.4, -0.2) is 52.0 Å². The second-order valence-corrected chi connectivity index (χ2v) is 6.17. The number of amides is 2. The van der Waals surface area contributed by atoms with Crippen LogP contribution in [0.1, 0.15) is 29.2 Å². The molecule has 3 rings (SSSR count). The monoisotopic (exact) mass is 359 g/mol. The van der Waals surface area contributed by atoms with Gasteiger partial charge < -0.3 is 26.2 Å². The summed E-state index contributed by atoms with van der Waals surface area (Å²) >= 11 is 0. The molecule has 0 spiro atoms. The Labute approximate surface area is 150 Å². The van der Waals surface area contributed by atoms with Crippen molar-refractivity contribution in [1.29, 1.82) is 0 Å². The number of aromatic nitrogens is 2. The van der Waals surface area contributed by atoms with Crippen LogP contribution < -0.4 is 16.2 Å². The minimum atomic E-state index is -0.981. The van der Waals surface area contributed by atoms with Gasteiger partial charge in [0, 0.05) is 18.7 Å². The van der Waals surface area contributed by atoms with Crippen molar-refractivity contribution in [2.45, 2.75) is 18.9 Å². The second-order valence-electron chi connectivity index (χ2n) is 6.17. The number of ether oxygens (including phenoxy) is 1. The number of nitrogens with zero attached hydrogens (tertiary/aromatic N) is 3. The number of nitrogen functional groups attached to an aromatic ring is 1. The summed E-state index contributed by atoms with van der Waals surface area (Å²) in [6.07, 6.45) is 0.432. The molecule has 5 N–H and O–H groups in total. The van der Waals surface area contributed by atoms with Crippen LogP contribution >= 0.6 is 0 Å². The van der Waals surface area contributed by atoms with Gasteiger partial charge in [-0.2, -0.15) is 5.10 Å². The van der Waals surface area contributed by atoms with E-state index < -0.39 is 12.0 Å². The Hall–Kier alpha value is -3.23. The Bertz CT molecular complexity index is 830.